The number of amides is 13. The summed E-state index contributed by atoms with van der Waals surface area (Å²) in [6.07, 6.45) is -6.13. The van der Waals surface area contributed by atoms with Crippen molar-refractivity contribution in [2.45, 2.75) is 164 Å². The molecule has 0 spiro atoms. The Morgan fingerprint density at radius 2 is 0.743 bits per heavy atom. The third-order valence-electron chi connectivity index (χ3n) is 14.9. The number of carboxylic acid groups (broad SMARTS) is 4. The van der Waals surface area contributed by atoms with Crippen molar-refractivity contribution in [2.24, 2.45) is 22.9 Å². The van der Waals surface area contributed by atoms with Gasteiger partial charge < -0.3 is 96.5 Å². The number of carbonyl (C=O) groups excluding carboxylic acids is 13. The van der Waals surface area contributed by atoms with Gasteiger partial charge in [-0.1, -0.05) is 60.7 Å². The molecule has 546 valence electrons. The number of carboxylic acids is 4. The first kappa shape index (κ1) is 82.2. The lowest BCUT2D eigenvalue weighted by molar-refractivity contribution is -0.144. The van der Waals surface area contributed by atoms with Crippen LogP contribution in [0.15, 0.2) is 84.9 Å². The molecular formula is C64H82N14O21S2. The largest absolute Gasteiger partial charge is 0.481 e. The van der Waals surface area contributed by atoms with Gasteiger partial charge in [0, 0.05) is 70.9 Å². The molecule has 13 amide bonds. The number of aliphatic carboxylic acids is 4. The van der Waals surface area contributed by atoms with E-state index in [0.29, 0.717) is 30.6 Å². The van der Waals surface area contributed by atoms with Gasteiger partial charge in [-0.3, -0.25) is 76.7 Å². The van der Waals surface area contributed by atoms with Gasteiger partial charge in [0.25, 0.3) is 0 Å². The molecule has 2 heterocycles. The Bertz CT molecular complexity index is 3630. The first-order chi connectivity index (χ1) is 47.8. The molecule has 0 radical (unpaired) electrons. The van der Waals surface area contributed by atoms with Gasteiger partial charge in [-0.25, -0.2) is 4.79 Å². The predicted molar refractivity (Wildman–Crippen MR) is 359 cm³/mol. The summed E-state index contributed by atoms with van der Waals surface area (Å²) in [5, 5.41) is 62.0. The molecule has 0 saturated heterocycles. The van der Waals surface area contributed by atoms with Crippen molar-refractivity contribution in [3.05, 3.63) is 106 Å². The quantitative estimate of drug-likeness (QED) is 0.0209. The fraction of sp³-hybridized carbons (Fsp3) is 0.422. The van der Waals surface area contributed by atoms with E-state index in [2.05, 4.69) is 53.2 Å². The van der Waals surface area contributed by atoms with Gasteiger partial charge in [0.15, 0.2) is 0 Å². The van der Waals surface area contributed by atoms with Crippen molar-refractivity contribution in [2.75, 3.05) is 6.54 Å². The van der Waals surface area contributed by atoms with Crippen LogP contribution >= 0.6 is 22.7 Å². The van der Waals surface area contributed by atoms with Gasteiger partial charge in [0.1, 0.15) is 48.3 Å². The summed E-state index contributed by atoms with van der Waals surface area (Å²) in [5.74, 6) is -17.3. The topological polar surface area (TPSA) is 595 Å². The van der Waals surface area contributed by atoms with Crippen molar-refractivity contribution >= 4 is 123 Å². The number of benzene rings is 2. The molecule has 0 bridgehead atoms. The lowest BCUT2D eigenvalue weighted by Gasteiger charge is -2.26. The molecule has 0 aliphatic heterocycles. The van der Waals surface area contributed by atoms with Gasteiger partial charge >= 0.3 is 23.9 Å². The van der Waals surface area contributed by atoms with Crippen LogP contribution in [0.4, 0.5) is 0 Å². The van der Waals surface area contributed by atoms with Gasteiger partial charge in [-0.15, -0.1) is 22.7 Å². The molecule has 0 aliphatic carbocycles. The standard InChI is InChI=1S/C64H82N14O21S2/c1-33(71-63(97)45(29-35-10-6-3-7-11-35)78-62(96)42(18-26-54(86)87)75-61(95)41(16-24-50(68)81)74-57(91)38(65)14-22-48(66)79)56(90)69-31-37-13-21-47(101-37)46-20-12-36(100-46)30-51(82)72-40(17-25-53(84)85)60(94)77-44(28-34-8-4-2-5-9-34)58(92)70-32-52(83)73-39(15-23-49(67)80)59(93)76-43(64(98)99)19-27-55(88)89/h2-13,20-21,33,38-45H,14-19,22-32,65H2,1H3,(H2,66,79)(H2,67,80)(H2,68,81)(H,69,90)(H,70,92)(H,71,97)(H,72,82)(H,73,83)(H,74,91)(H,75,95)(H,76,93)(H,77,94)(H,78,96)(H,84,85)(H,86,87)(H,88,89)(H,98,99). The third-order valence-corrected chi connectivity index (χ3v) is 17.2. The molecule has 9 unspecified atom stereocenters. The average Bonchev–Trinajstić information content (AvgIpc) is 1.73. The molecule has 0 aliphatic rings. The summed E-state index contributed by atoms with van der Waals surface area (Å²) >= 11 is 2.48. The maximum absolute atomic E-state index is 14.0. The number of primary amides is 3. The number of thiophene rings is 2. The SMILES string of the molecule is CC(NC(=O)C(Cc1ccccc1)NC(=O)C(CCC(=O)O)NC(=O)C(CCC(N)=O)NC(=O)C(N)CCC(N)=O)C(=O)NCc1ccc(-c2ccc(CC(=O)NC(CCC(=O)O)C(=O)NC(Cc3ccccc3)C(=O)NCC(=O)NC(CCC(N)=O)C(=O)NC(CCC(=O)O)C(=O)O)s2)s1. The van der Waals surface area contributed by atoms with Crippen molar-refractivity contribution in [1.82, 2.24) is 53.2 Å². The fourth-order valence-electron chi connectivity index (χ4n) is 9.48. The van der Waals surface area contributed by atoms with E-state index in [1.54, 1.807) is 84.9 Å². The van der Waals surface area contributed by atoms with E-state index in [1.165, 1.54) is 29.6 Å². The second kappa shape index (κ2) is 41.9. The molecular weight excluding hydrogens is 1360 g/mol. The summed E-state index contributed by atoms with van der Waals surface area (Å²) < 4.78 is 0. The normalized spacial score (nSPS) is 13.5. The monoisotopic (exact) mass is 1450 g/mol. The first-order valence-electron chi connectivity index (χ1n) is 31.5. The van der Waals surface area contributed by atoms with E-state index < -0.39 is 219 Å². The van der Waals surface area contributed by atoms with E-state index >= 15 is 0 Å². The molecule has 101 heavy (non-hydrogen) atoms. The predicted octanol–water partition coefficient (Wildman–Crippen LogP) is -3.06. The molecule has 22 N–H and O–H groups in total. The smallest absolute Gasteiger partial charge is 0.326 e. The van der Waals surface area contributed by atoms with Crippen LogP contribution in [0.3, 0.4) is 0 Å². The van der Waals surface area contributed by atoms with Crippen molar-refractivity contribution in [3.63, 3.8) is 0 Å². The van der Waals surface area contributed by atoms with Crippen molar-refractivity contribution < 1.29 is 102 Å². The van der Waals surface area contributed by atoms with Crippen molar-refractivity contribution in [3.8, 4) is 9.75 Å². The van der Waals surface area contributed by atoms with E-state index in [1.807, 2.05) is 0 Å². The highest BCUT2D eigenvalue weighted by Gasteiger charge is 2.34. The van der Waals surface area contributed by atoms with Crippen LogP contribution in [0.25, 0.3) is 9.75 Å². The van der Waals surface area contributed by atoms with E-state index in [9.17, 15) is 96.8 Å². The Balaban J connectivity index is 1.41. The second-order valence-electron chi connectivity index (χ2n) is 23.1. The zero-order valence-corrected chi connectivity index (χ0v) is 56.3. The van der Waals surface area contributed by atoms with Crippen LogP contribution in [0, 0.1) is 0 Å². The van der Waals surface area contributed by atoms with E-state index in [-0.39, 0.29) is 45.1 Å². The molecule has 0 fully saturated rings. The van der Waals surface area contributed by atoms with E-state index in [0.717, 1.165) is 0 Å². The highest BCUT2D eigenvalue weighted by atomic mass is 32.1. The molecule has 35 nitrogen and oxygen atoms in total. The molecule has 4 rings (SSSR count). The van der Waals surface area contributed by atoms with Crippen molar-refractivity contribution in [1.29, 1.82) is 0 Å². The maximum Gasteiger partial charge on any atom is 0.326 e. The number of rotatable bonds is 46. The number of nitrogens with one attached hydrogen (secondary N) is 10. The van der Waals surface area contributed by atoms with Crippen LogP contribution < -0.4 is 76.1 Å². The minimum Gasteiger partial charge on any atom is -0.481 e. The van der Waals surface area contributed by atoms with Crippen LogP contribution in [-0.2, 0) is 107 Å². The second-order valence-corrected chi connectivity index (χ2v) is 25.4. The molecule has 4 aromatic rings. The Morgan fingerprint density at radius 1 is 0.376 bits per heavy atom. The molecule has 0 saturated carbocycles. The maximum atomic E-state index is 14.0. The highest BCUT2D eigenvalue weighted by Crippen LogP contribution is 2.34. The van der Waals surface area contributed by atoms with Gasteiger partial charge in [0.2, 0.25) is 76.8 Å². The van der Waals surface area contributed by atoms with Gasteiger partial charge in [0.05, 0.1) is 25.6 Å². The number of nitrogens with two attached hydrogens (primary N) is 4. The minimum absolute atomic E-state index is 0.0271. The number of carbonyl (C=O) groups is 17. The Kier molecular flexibility index (Phi) is 34.1. The summed E-state index contributed by atoms with van der Waals surface area (Å²) in [5.41, 5.74) is 22.6. The molecule has 2 aromatic carbocycles. The van der Waals surface area contributed by atoms with Crippen LogP contribution in [0.5, 0.6) is 0 Å². The van der Waals surface area contributed by atoms with Gasteiger partial charge in [-0.2, -0.15) is 0 Å². The number of hydrogen-bond acceptors (Lipinski definition) is 20. The van der Waals surface area contributed by atoms with Gasteiger partial charge in [-0.05, 0) is 80.8 Å². The lowest BCUT2D eigenvalue weighted by atomic mass is 10.0. The molecule has 2 aromatic heterocycles. The zero-order chi connectivity index (χ0) is 74.9. The summed E-state index contributed by atoms with van der Waals surface area (Å²) in [7, 11) is 0. The fourth-order valence-corrected chi connectivity index (χ4v) is 11.5. The van der Waals surface area contributed by atoms with Crippen LogP contribution in [0.2, 0.25) is 0 Å². The van der Waals surface area contributed by atoms with Crippen LogP contribution in [0.1, 0.15) is 105 Å². The first-order valence-corrected chi connectivity index (χ1v) is 33.1. The number of hydrogen-bond donors (Lipinski definition) is 18. The van der Waals surface area contributed by atoms with E-state index in [4.69, 9.17) is 28.0 Å². The summed E-state index contributed by atoms with van der Waals surface area (Å²) in [6, 6.07) is 10.0. The third kappa shape index (κ3) is 31.0. The highest BCUT2D eigenvalue weighted by molar-refractivity contribution is 7.22. The Labute approximate surface area is 585 Å². The Hall–Kier alpha value is -11.2. The average molecular weight is 1450 g/mol. The molecule has 9 atom stereocenters. The Morgan fingerprint density at radius 3 is 1.20 bits per heavy atom. The molecule has 37 heteroatoms. The van der Waals surface area contributed by atoms with Crippen LogP contribution in [-0.4, -0.2) is 182 Å². The summed E-state index contributed by atoms with van der Waals surface area (Å²) in [4.78, 5) is 219. The zero-order valence-electron chi connectivity index (χ0n) is 54.7. The minimum atomic E-state index is -1.69. The lowest BCUT2D eigenvalue weighted by Crippen LogP contribution is -2.59. The summed E-state index contributed by atoms with van der Waals surface area (Å²) in [6.45, 7) is 0.513.